The largest absolute Gasteiger partial charge is 0.459 e. The molecule has 122 valence electrons. The van der Waals surface area contributed by atoms with E-state index in [1.54, 1.807) is 18.4 Å². The Hall–Kier alpha value is -2.30. The zero-order valence-electron chi connectivity index (χ0n) is 13.7. The average Bonchev–Trinajstić information content (AvgIpc) is 3.18. The minimum Gasteiger partial charge on any atom is -0.459 e. The lowest BCUT2D eigenvalue weighted by Crippen LogP contribution is -2.35. The Kier molecular flexibility index (Phi) is 4.65. The van der Waals surface area contributed by atoms with E-state index >= 15 is 0 Å². The van der Waals surface area contributed by atoms with E-state index in [-0.39, 0.29) is 5.91 Å². The molecular weight excluding hydrogens is 290 g/mol. The second-order valence-corrected chi connectivity index (χ2v) is 6.21. The summed E-state index contributed by atoms with van der Waals surface area (Å²) in [5.41, 5.74) is 2.00. The van der Waals surface area contributed by atoms with Gasteiger partial charge in [0.15, 0.2) is 5.76 Å². The van der Waals surface area contributed by atoms with E-state index < -0.39 is 0 Å². The topological polar surface area (TPSA) is 51.3 Å². The van der Waals surface area contributed by atoms with Gasteiger partial charge in [-0.1, -0.05) is 12.2 Å². The van der Waals surface area contributed by atoms with Crippen molar-refractivity contribution < 1.29 is 9.21 Å². The van der Waals surface area contributed by atoms with Gasteiger partial charge in [0, 0.05) is 19.3 Å². The van der Waals surface area contributed by atoms with Crippen molar-refractivity contribution >= 4 is 5.91 Å². The van der Waals surface area contributed by atoms with Crippen LogP contribution in [0.2, 0.25) is 0 Å². The van der Waals surface area contributed by atoms with E-state index in [1.165, 1.54) is 0 Å². The molecule has 2 aromatic heterocycles. The molecule has 23 heavy (non-hydrogen) atoms. The van der Waals surface area contributed by atoms with Gasteiger partial charge in [-0.2, -0.15) is 5.10 Å². The van der Waals surface area contributed by atoms with Crippen LogP contribution in [-0.4, -0.2) is 27.1 Å². The van der Waals surface area contributed by atoms with Crippen LogP contribution < -0.4 is 0 Å². The maximum Gasteiger partial charge on any atom is 0.289 e. The fourth-order valence-electron chi connectivity index (χ4n) is 3.02. The van der Waals surface area contributed by atoms with E-state index in [0.717, 1.165) is 37.2 Å². The Morgan fingerprint density at radius 2 is 2.35 bits per heavy atom. The highest BCUT2D eigenvalue weighted by molar-refractivity contribution is 5.91. The second-order valence-electron chi connectivity index (χ2n) is 6.21. The van der Waals surface area contributed by atoms with Crippen LogP contribution in [0, 0.1) is 12.8 Å². The minimum absolute atomic E-state index is 0.0622. The summed E-state index contributed by atoms with van der Waals surface area (Å²) >= 11 is 0. The molecule has 0 saturated carbocycles. The molecule has 2 heterocycles. The maximum absolute atomic E-state index is 12.8. The van der Waals surface area contributed by atoms with Gasteiger partial charge < -0.3 is 9.32 Å². The number of hydrogen-bond donors (Lipinski definition) is 0. The summed E-state index contributed by atoms with van der Waals surface area (Å²) in [7, 11) is 1.92. The van der Waals surface area contributed by atoms with Crippen molar-refractivity contribution in [1.82, 2.24) is 14.7 Å². The predicted octanol–water partition coefficient (Wildman–Crippen LogP) is 3.32. The van der Waals surface area contributed by atoms with Gasteiger partial charge in [0.1, 0.15) is 0 Å². The van der Waals surface area contributed by atoms with Crippen molar-refractivity contribution in [2.24, 2.45) is 13.0 Å². The molecule has 0 saturated heterocycles. The monoisotopic (exact) mass is 313 g/mol. The van der Waals surface area contributed by atoms with Gasteiger partial charge >= 0.3 is 0 Å². The molecule has 1 aliphatic carbocycles. The number of hydrogen-bond acceptors (Lipinski definition) is 3. The van der Waals surface area contributed by atoms with Crippen LogP contribution in [0.3, 0.4) is 0 Å². The third kappa shape index (κ3) is 3.73. The fourth-order valence-corrected chi connectivity index (χ4v) is 3.02. The third-order valence-corrected chi connectivity index (χ3v) is 4.39. The first-order valence-corrected chi connectivity index (χ1v) is 8.11. The highest BCUT2D eigenvalue weighted by Gasteiger charge is 2.23. The summed E-state index contributed by atoms with van der Waals surface area (Å²) in [5, 5.41) is 4.49. The standard InChI is InChI=1S/C18H23N3O2/c1-14-11-16(19-20(14)2)13-21(12-15-7-4-3-5-8-15)18(22)17-9-6-10-23-17/h3-4,6,9-11,15H,5,7-8,12-13H2,1-2H3/t15-/m1/s1. The number of nitrogens with zero attached hydrogens (tertiary/aromatic N) is 3. The van der Waals surface area contributed by atoms with E-state index in [1.807, 2.05) is 29.6 Å². The Balaban J connectivity index is 1.77. The van der Waals surface area contributed by atoms with Crippen LogP contribution in [0.5, 0.6) is 0 Å². The Labute approximate surface area is 136 Å². The van der Waals surface area contributed by atoms with Gasteiger partial charge in [-0.25, -0.2) is 0 Å². The summed E-state index contributed by atoms with van der Waals surface area (Å²) in [6.07, 6.45) is 9.23. The van der Waals surface area contributed by atoms with Crippen molar-refractivity contribution in [3.63, 3.8) is 0 Å². The highest BCUT2D eigenvalue weighted by atomic mass is 16.3. The number of carbonyl (C=O) groups excluding carboxylic acids is 1. The zero-order chi connectivity index (χ0) is 16.2. The predicted molar refractivity (Wildman–Crippen MR) is 87.9 cm³/mol. The maximum atomic E-state index is 12.8. The van der Waals surface area contributed by atoms with Crippen LogP contribution in [0.1, 0.15) is 41.2 Å². The average molecular weight is 313 g/mol. The zero-order valence-corrected chi connectivity index (χ0v) is 13.7. The van der Waals surface area contributed by atoms with E-state index in [2.05, 4.69) is 17.3 Å². The number of amides is 1. The number of rotatable bonds is 5. The molecule has 0 N–H and O–H groups in total. The third-order valence-electron chi connectivity index (χ3n) is 4.39. The van der Waals surface area contributed by atoms with Gasteiger partial charge in [-0.3, -0.25) is 9.48 Å². The number of aryl methyl sites for hydroxylation is 2. The summed E-state index contributed by atoms with van der Waals surface area (Å²) in [5.74, 6) is 0.834. The van der Waals surface area contributed by atoms with Crippen molar-refractivity contribution in [2.75, 3.05) is 6.54 Å². The van der Waals surface area contributed by atoms with Gasteiger partial charge in [0.25, 0.3) is 5.91 Å². The number of furan rings is 1. The van der Waals surface area contributed by atoms with Crippen LogP contribution in [-0.2, 0) is 13.6 Å². The van der Waals surface area contributed by atoms with Gasteiger partial charge in [-0.15, -0.1) is 0 Å². The van der Waals surface area contributed by atoms with Crippen LogP contribution >= 0.6 is 0 Å². The van der Waals surface area contributed by atoms with Crippen LogP contribution in [0.15, 0.2) is 41.0 Å². The smallest absolute Gasteiger partial charge is 0.289 e. The van der Waals surface area contributed by atoms with Crippen molar-refractivity contribution in [3.8, 4) is 0 Å². The van der Waals surface area contributed by atoms with E-state index in [9.17, 15) is 4.79 Å². The molecule has 5 heteroatoms. The normalized spacial score (nSPS) is 17.4. The highest BCUT2D eigenvalue weighted by Crippen LogP contribution is 2.21. The molecule has 0 bridgehead atoms. The Morgan fingerprint density at radius 3 is 2.96 bits per heavy atom. The van der Waals surface area contributed by atoms with E-state index in [4.69, 9.17) is 4.42 Å². The molecule has 5 nitrogen and oxygen atoms in total. The van der Waals surface area contributed by atoms with E-state index in [0.29, 0.717) is 18.2 Å². The van der Waals surface area contributed by atoms with Gasteiger partial charge in [-0.05, 0) is 50.3 Å². The Morgan fingerprint density at radius 1 is 1.48 bits per heavy atom. The first-order chi connectivity index (χ1) is 11.1. The summed E-state index contributed by atoms with van der Waals surface area (Å²) in [6.45, 7) is 3.27. The molecule has 0 fully saturated rings. The molecular formula is C18H23N3O2. The molecule has 0 spiro atoms. The molecule has 0 unspecified atom stereocenters. The molecule has 1 aliphatic rings. The van der Waals surface area contributed by atoms with Crippen LogP contribution in [0.4, 0.5) is 0 Å². The quantitative estimate of drug-likeness (QED) is 0.796. The summed E-state index contributed by atoms with van der Waals surface area (Å²) in [4.78, 5) is 14.6. The summed E-state index contributed by atoms with van der Waals surface area (Å²) < 4.78 is 7.14. The number of allylic oxidation sites excluding steroid dienone is 2. The number of aromatic nitrogens is 2. The lowest BCUT2D eigenvalue weighted by molar-refractivity contribution is 0.0675. The first-order valence-electron chi connectivity index (χ1n) is 8.11. The minimum atomic E-state index is -0.0622. The summed E-state index contributed by atoms with van der Waals surface area (Å²) in [6, 6.07) is 5.50. The molecule has 0 aliphatic heterocycles. The second kappa shape index (κ2) is 6.86. The molecule has 1 amide bonds. The fraction of sp³-hybridized carbons (Fsp3) is 0.444. The molecule has 3 rings (SSSR count). The number of carbonyl (C=O) groups is 1. The van der Waals surface area contributed by atoms with Crippen LogP contribution in [0.25, 0.3) is 0 Å². The van der Waals surface area contributed by atoms with Crippen molar-refractivity contribution in [3.05, 3.63) is 53.8 Å². The Bertz CT molecular complexity index is 666. The lowest BCUT2D eigenvalue weighted by atomic mass is 9.94. The van der Waals surface area contributed by atoms with Gasteiger partial charge in [0.2, 0.25) is 0 Å². The first kappa shape index (κ1) is 15.6. The molecule has 0 radical (unpaired) electrons. The SMILES string of the molecule is Cc1cc(CN(C[C@@H]2CC=CCC2)C(=O)c2ccco2)nn1C. The van der Waals surface area contributed by atoms with Gasteiger partial charge in [0.05, 0.1) is 18.5 Å². The van der Waals surface area contributed by atoms with Crippen molar-refractivity contribution in [2.45, 2.75) is 32.7 Å². The molecule has 1 atom stereocenters. The molecule has 0 aromatic carbocycles. The molecule has 2 aromatic rings. The lowest BCUT2D eigenvalue weighted by Gasteiger charge is -2.27. The van der Waals surface area contributed by atoms with Crippen molar-refractivity contribution in [1.29, 1.82) is 0 Å².